The first kappa shape index (κ1) is 11.9. The molecule has 0 aromatic carbocycles. The first-order valence-corrected chi connectivity index (χ1v) is 6.11. The first-order valence-electron chi connectivity index (χ1n) is 4.55. The van der Waals surface area contributed by atoms with E-state index in [4.69, 9.17) is 9.47 Å². The quantitative estimate of drug-likeness (QED) is 0.367. The largest absolute Gasteiger partial charge is 0.614 e. The Hall–Kier alpha value is -0.610. The van der Waals surface area contributed by atoms with E-state index in [0.29, 0.717) is 0 Å². The van der Waals surface area contributed by atoms with Crippen molar-refractivity contribution < 1.29 is 29.1 Å². The summed E-state index contributed by atoms with van der Waals surface area (Å²) in [4.78, 5) is 12.9. The molecule has 92 valence electrons. The Bertz CT molecular complexity index is 300. The molecule has 0 aromatic rings. The van der Waals surface area contributed by atoms with E-state index in [2.05, 4.69) is 4.84 Å². The normalized spacial score (nSPS) is 44.1. The minimum absolute atomic E-state index is 0.0597. The van der Waals surface area contributed by atoms with Crippen molar-refractivity contribution >= 4 is 11.2 Å². The van der Waals surface area contributed by atoms with Crippen LogP contribution in [0.1, 0.15) is 0 Å². The van der Waals surface area contributed by atoms with Crippen molar-refractivity contribution in [1.29, 1.82) is 0 Å². The zero-order valence-corrected chi connectivity index (χ0v) is 9.21. The predicted molar refractivity (Wildman–Crippen MR) is 50.4 cm³/mol. The number of ether oxygens (including phenoxy) is 2. The molecule has 8 nitrogen and oxygen atoms in total. The molecule has 2 heterocycles. The van der Waals surface area contributed by atoms with Gasteiger partial charge in [-0.25, -0.2) is 0 Å². The zero-order chi connectivity index (χ0) is 11.9. The molecule has 9 heteroatoms. The van der Waals surface area contributed by atoms with Crippen molar-refractivity contribution in [2.75, 3.05) is 19.5 Å². The summed E-state index contributed by atoms with van der Waals surface area (Å²) in [7, 11) is 0. The number of nitrogens with zero attached hydrogens (tertiary/aromatic N) is 1. The lowest BCUT2D eigenvalue weighted by molar-refractivity contribution is -0.769. The van der Waals surface area contributed by atoms with Crippen molar-refractivity contribution in [3.05, 3.63) is 10.1 Å². The monoisotopic (exact) mass is 253 g/mol. The number of hydrogen-bond donors (Lipinski definition) is 1. The van der Waals surface area contributed by atoms with Crippen molar-refractivity contribution in [2.24, 2.45) is 0 Å². The Morgan fingerprint density at radius 1 is 1.62 bits per heavy atom. The molecule has 0 spiro atoms. The summed E-state index contributed by atoms with van der Waals surface area (Å²) in [5, 5.41) is 19.3. The molecule has 0 saturated carbocycles. The van der Waals surface area contributed by atoms with Crippen molar-refractivity contribution in [3.63, 3.8) is 0 Å². The van der Waals surface area contributed by atoms with Gasteiger partial charge in [-0.1, -0.05) is 0 Å². The van der Waals surface area contributed by atoms with E-state index in [0.717, 1.165) is 0 Å². The van der Waals surface area contributed by atoms with Crippen LogP contribution in [0.2, 0.25) is 0 Å². The van der Waals surface area contributed by atoms with Gasteiger partial charge in [0.05, 0.1) is 12.9 Å². The Morgan fingerprint density at radius 3 is 2.88 bits per heavy atom. The van der Waals surface area contributed by atoms with Crippen LogP contribution in [-0.4, -0.2) is 57.5 Å². The molecule has 2 saturated heterocycles. The van der Waals surface area contributed by atoms with Gasteiger partial charge in [0, 0.05) is 0 Å². The molecule has 1 N–H and O–H groups in total. The van der Waals surface area contributed by atoms with Gasteiger partial charge in [-0.2, -0.15) is 0 Å². The molecule has 2 rings (SSSR count). The summed E-state index contributed by atoms with van der Waals surface area (Å²) in [5.41, 5.74) is 0. The van der Waals surface area contributed by atoms with Crippen LogP contribution in [0.15, 0.2) is 0 Å². The zero-order valence-electron chi connectivity index (χ0n) is 8.40. The summed E-state index contributed by atoms with van der Waals surface area (Å²) >= 11 is -1.56. The van der Waals surface area contributed by atoms with Gasteiger partial charge in [0.1, 0.15) is 12.7 Å². The number of fused-ring (bicyclic) bond motifs is 1. The molecule has 0 amide bonds. The minimum atomic E-state index is -1.61. The van der Waals surface area contributed by atoms with E-state index in [1.165, 1.54) is 6.26 Å². The van der Waals surface area contributed by atoms with Crippen molar-refractivity contribution in [2.45, 2.75) is 23.2 Å². The number of aliphatic hydroxyl groups is 1. The Balaban J connectivity index is 2.09. The van der Waals surface area contributed by atoms with Crippen LogP contribution >= 0.6 is 0 Å². The van der Waals surface area contributed by atoms with Gasteiger partial charge in [0.15, 0.2) is 12.2 Å². The molecule has 2 aliphatic rings. The lowest BCUT2D eigenvalue weighted by Crippen LogP contribution is -2.49. The first-order chi connectivity index (χ1) is 7.45. The van der Waals surface area contributed by atoms with E-state index >= 15 is 0 Å². The third kappa shape index (κ3) is 1.74. The maximum atomic E-state index is 11.4. The average Bonchev–Trinajstić information content (AvgIpc) is 2.70. The van der Waals surface area contributed by atoms with E-state index in [-0.39, 0.29) is 13.2 Å². The van der Waals surface area contributed by atoms with Crippen molar-refractivity contribution in [1.82, 2.24) is 0 Å². The van der Waals surface area contributed by atoms with E-state index in [1.54, 1.807) is 0 Å². The molecule has 0 radical (unpaired) electrons. The molecule has 5 atom stereocenters. The molecule has 0 aliphatic carbocycles. The standard InChI is InChI=1S/C7H11NO7S/c1-16(12)7(9)3-14-5-4(15-8(10)11)2-13-6(5)7/h4-6,9H,2-3H2,1H3/t4-,5-,6+,7-,16-/m1/s1. The molecule has 2 aliphatic heterocycles. The molecular formula is C7H11NO7S. The van der Waals surface area contributed by atoms with Gasteiger partial charge in [-0.15, -0.1) is 10.1 Å². The second kappa shape index (κ2) is 4.00. The summed E-state index contributed by atoms with van der Waals surface area (Å²) in [6.07, 6.45) is -1.14. The lowest BCUT2D eigenvalue weighted by atomic mass is 10.1. The highest BCUT2D eigenvalue weighted by molar-refractivity contribution is 7.92. The van der Waals surface area contributed by atoms with Crippen LogP contribution in [0.5, 0.6) is 0 Å². The van der Waals surface area contributed by atoms with Gasteiger partial charge in [0.25, 0.3) is 10.0 Å². The molecule has 0 unspecified atom stereocenters. The van der Waals surface area contributed by atoms with Crippen LogP contribution in [0.25, 0.3) is 0 Å². The van der Waals surface area contributed by atoms with Crippen LogP contribution in [0.3, 0.4) is 0 Å². The highest BCUT2D eigenvalue weighted by atomic mass is 32.2. The maximum absolute atomic E-state index is 11.4. The van der Waals surface area contributed by atoms with E-state index in [9.17, 15) is 19.8 Å². The number of rotatable bonds is 3. The Labute approximate surface area is 93.8 Å². The molecule has 0 aromatic heterocycles. The lowest BCUT2D eigenvalue weighted by Gasteiger charge is -2.26. The highest BCUT2D eigenvalue weighted by Crippen LogP contribution is 2.38. The van der Waals surface area contributed by atoms with Crippen LogP contribution in [0, 0.1) is 10.1 Å². The molecule has 2 fully saturated rings. The van der Waals surface area contributed by atoms with Gasteiger partial charge in [0.2, 0.25) is 0 Å². The summed E-state index contributed by atoms with van der Waals surface area (Å²) in [6, 6.07) is 0. The average molecular weight is 253 g/mol. The topological polar surface area (TPSA) is 114 Å². The third-order valence-corrected chi connectivity index (χ3v) is 4.10. The maximum Gasteiger partial charge on any atom is 0.294 e. The Kier molecular flexibility index (Phi) is 2.97. The molecule has 0 bridgehead atoms. The number of hydrogen-bond acceptors (Lipinski definition) is 7. The molecule has 16 heavy (non-hydrogen) atoms. The second-order valence-electron chi connectivity index (χ2n) is 3.70. The van der Waals surface area contributed by atoms with Gasteiger partial charge < -0.3 is 24.0 Å². The fourth-order valence-electron chi connectivity index (χ4n) is 1.91. The van der Waals surface area contributed by atoms with Gasteiger partial charge in [-0.3, -0.25) is 0 Å². The smallest absolute Gasteiger partial charge is 0.294 e. The fourth-order valence-corrected chi connectivity index (χ4v) is 2.67. The fraction of sp³-hybridized carbons (Fsp3) is 1.00. The van der Waals surface area contributed by atoms with Gasteiger partial charge >= 0.3 is 0 Å². The predicted octanol–water partition coefficient (Wildman–Crippen LogP) is -1.57. The van der Waals surface area contributed by atoms with E-state index in [1.807, 2.05) is 0 Å². The minimum Gasteiger partial charge on any atom is -0.614 e. The van der Waals surface area contributed by atoms with E-state index < -0.39 is 39.5 Å². The SMILES string of the molecule is C[S@@+]([O-])[C@]1(O)CO[C@@H]2[C@H](O[N+](=O)[O-])CO[C@@H]21. The van der Waals surface area contributed by atoms with Crippen LogP contribution in [-0.2, 0) is 25.5 Å². The third-order valence-electron chi connectivity index (χ3n) is 2.75. The molecular weight excluding hydrogens is 242 g/mol. The van der Waals surface area contributed by atoms with Crippen LogP contribution in [0.4, 0.5) is 0 Å². The summed E-state index contributed by atoms with van der Waals surface area (Å²) in [5.74, 6) is 0. The summed E-state index contributed by atoms with van der Waals surface area (Å²) < 4.78 is 21.7. The second-order valence-corrected chi connectivity index (χ2v) is 5.31. The Morgan fingerprint density at radius 2 is 2.31 bits per heavy atom. The summed E-state index contributed by atoms with van der Waals surface area (Å²) in [6.45, 7) is -0.237. The van der Waals surface area contributed by atoms with Gasteiger partial charge in [-0.05, 0) is 11.2 Å². The highest BCUT2D eigenvalue weighted by Gasteiger charge is 2.62. The van der Waals surface area contributed by atoms with Crippen molar-refractivity contribution in [3.8, 4) is 0 Å². The van der Waals surface area contributed by atoms with Crippen LogP contribution < -0.4 is 0 Å².